The van der Waals surface area contributed by atoms with E-state index >= 15 is 0 Å². The molecule has 0 nitrogen and oxygen atoms in total. The Kier molecular flexibility index (Phi) is 8.74. The van der Waals surface area contributed by atoms with Crippen LogP contribution in [-0.2, 0) is 0 Å². The van der Waals surface area contributed by atoms with Gasteiger partial charge in [0.1, 0.15) is 0 Å². The van der Waals surface area contributed by atoms with E-state index in [2.05, 4.69) is 50.5 Å². The Balaban J connectivity index is 3.65. The molecule has 2 unspecified atom stereocenters. The monoisotopic (exact) mass is 242 g/mol. The van der Waals surface area contributed by atoms with E-state index in [1.165, 1.54) is 0 Å². The van der Waals surface area contributed by atoms with Gasteiger partial charge in [0.25, 0.3) is 0 Å². The summed E-state index contributed by atoms with van der Waals surface area (Å²) in [7, 11) is 0. The lowest BCUT2D eigenvalue weighted by Gasteiger charge is -2.07. The predicted octanol–water partition coefficient (Wildman–Crippen LogP) is 3.12. The number of thioether (sulfide) groups is 1. The highest BCUT2D eigenvalue weighted by Crippen LogP contribution is 2.25. The molecule has 5 heteroatoms. The summed E-state index contributed by atoms with van der Waals surface area (Å²) >= 11 is 18.0. The molecule has 0 fully saturated rings. The summed E-state index contributed by atoms with van der Waals surface area (Å²) < 4.78 is 0.277. The summed E-state index contributed by atoms with van der Waals surface area (Å²) in [5, 5.41) is 3.35. The van der Waals surface area contributed by atoms with E-state index in [1.54, 1.807) is 22.6 Å². The Morgan fingerprint density at radius 2 is 1.27 bits per heavy atom. The van der Waals surface area contributed by atoms with Crippen molar-refractivity contribution in [1.82, 2.24) is 0 Å². The van der Waals surface area contributed by atoms with Gasteiger partial charge in [-0.2, -0.15) is 50.5 Å². The highest BCUT2D eigenvalue weighted by molar-refractivity contribution is 8.17. The summed E-state index contributed by atoms with van der Waals surface area (Å²) in [5.41, 5.74) is 0. The minimum atomic E-state index is 0.138. The fourth-order valence-electron chi connectivity index (χ4n) is 0.381. The van der Waals surface area contributed by atoms with Crippen molar-refractivity contribution in [2.24, 2.45) is 0 Å². The molecule has 0 aliphatic rings. The first kappa shape index (κ1) is 12.2. The van der Waals surface area contributed by atoms with E-state index in [9.17, 15) is 0 Å². The van der Waals surface area contributed by atoms with Crippen LogP contribution in [0.4, 0.5) is 0 Å². The molecule has 0 aliphatic carbocycles. The van der Waals surface area contributed by atoms with Crippen molar-refractivity contribution in [3.8, 4) is 0 Å². The fourth-order valence-corrected chi connectivity index (χ4v) is 3.10. The maximum absolute atomic E-state index is 4.26. The van der Waals surface area contributed by atoms with Gasteiger partial charge in [0, 0.05) is 0 Å². The van der Waals surface area contributed by atoms with Gasteiger partial charge in [-0.1, -0.05) is 12.2 Å². The van der Waals surface area contributed by atoms with Gasteiger partial charge in [0.05, 0.1) is 9.16 Å². The van der Waals surface area contributed by atoms with Crippen molar-refractivity contribution in [1.29, 1.82) is 0 Å². The molecule has 0 aromatic carbocycles. The summed E-state index contributed by atoms with van der Waals surface area (Å²) in [6.07, 6.45) is 3.76. The number of rotatable bonds is 4. The molecule has 0 aromatic rings. The third-order valence-corrected chi connectivity index (χ3v) is 3.07. The second-order valence-corrected chi connectivity index (χ2v) is 5.30. The molecule has 0 N–H and O–H groups in total. The largest absolute Gasteiger partial charge is 0.161 e. The molecule has 11 heavy (non-hydrogen) atoms. The van der Waals surface area contributed by atoms with Crippen LogP contribution in [0.5, 0.6) is 0 Å². The zero-order chi connectivity index (χ0) is 8.69. The molecule has 0 radical (unpaired) electrons. The van der Waals surface area contributed by atoms with Crippen LogP contribution in [-0.4, -0.2) is 9.16 Å². The molecule has 0 aliphatic heterocycles. The highest BCUT2D eigenvalue weighted by atomic mass is 32.2. The van der Waals surface area contributed by atoms with Crippen molar-refractivity contribution < 1.29 is 0 Å². The Bertz CT molecular complexity index is 126. The average molecular weight is 242 g/mol. The van der Waals surface area contributed by atoms with Crippen LogP contribution in [0.2, 0.25) is 0 Å². The van der Waals surface area contributed by atoms with Gasteiger partial charge in [-0.05, 0) is 10.8 Å². The van der Waals surface area contributed by atoms with Crippen molar-refractivity contribution in [3.63, 3.8) is 0 Å². The van der Waals surface area contributed by atoms with E-state index in [-0.39, 0.29) is 9.16 Å². The number of hydrogen-bond donors (Lipinski definition) is 4. The minimum Gasteiger partial charge on any atom is -0.161 e. The first-order valence-electron chi connectivity index (χ1n) is 2.84. The lowest BCUT2D eigenvalue weighted by Crippen LogP contribution is -1.93. The van der Waals surface area contributed by atoms with Crippen molar-refractivity contribution in [2.75, 3.05) is 0 Å². The first-order chi connectivity index (χ1) is 5.20. The van der Waals surface area contributed by atoms with Gasteiger partial charge in [0.15, 0.2) is 0 Å². The van der Waals surface area contributed by atoms with Gasteiger partial charge >= 0.3 is 0 Å². The van der Waals surface area contributed by atoms with Gasteiger partial charge in [-0.3, -0.25) is 0 Å². The van der Waals surface area contributed by atoms with Crippen LogP contribution in [0.1, 0.15) is 0 Å². The standard InChI is InChI=1S/C6H10S5/c7-3-1-5(9)11-6(10)2-4-8/h1-10H. The molecule has 0 spiro atoms. The van der Waals surface area contributed by atoms with E-state index in [0.29, 0.717) is 0 Å². The Hall–Kier alpha value is 1.23. The molecule has 64 valence electrons. The van der Waals surface area contributed by atoms with Crippen LogP contribution in [0.15, 0.2) is 23.0 Å². The Labute approximate surface area is 93.9 Å². The zero-order valence-corrected chi connectivity index (χ0v) is 10.1. The fraction of sp³-hybridized carbons (Fsp3) is 0.333. The highest BCUT2D eigenvalue weighted by Gasteiger charge is 2.03. The topological polar surface area (TPSA) is 0 Å². The van der Waals surface area contributed by atoms with Crippen LogP contribution in [0.3, 0.4) is 0 Å². The van der Waals surface area contributed by atoms with Crippen molar-refractivity contribution in [3.05, 3.63) is 23.0 Å². The maximum Gasteiger partial charge on any atom is 0.0674 e. The van der Waals surface area contributed by atoms with Gasteiger partial charge in [0.2, 0.25) is 0 Å². The second kappa shape index (κ2) is 7.86. The third kappa shape index (κ3) is 7.59. The Morgan fingerprint density at radius 3 is 1.55 bits per heavy atom. The van der Waals surface area contributed by atoms with Gasteiger partial charge < -0.3 is 0 Å². The predicted molar refractivity (Wildman–Crippen MR) is 69.4 cm³/mol. The molecule has 0 heterocycles. The lowest BCUT2D eigenvalue weighted by atomic mass is 10.7. The number of thiol groups is 4. The first-order valence-corrected chi connectivity index (χ1v) is 5.85. The SMILES string of the molecule is SC=CC(S)SC(S)C=CS. The number of hydrogen-bond acceptors (Lipinski definition) is 5. The van der Waals surface area contributed by atoms with Gasteiger partial charge in [-0.25, -0.2) is 0 Å². The molecule has 2 atom stereocenters. The molecular formula is C6H10S5. The quantitative estimate of drug-likeness (QED) is 0.434. The molecule has 0 saturated carbocycles. The second-order valence-electron chi connectivity index (χ2n) is 1.60. The summed E-state index contributed by atoms with van der Waals surface area (Å²) in [4.78, 5) is 0. The minimum absolute atomic E-state index is 0.138. The summed E-state index contributed by atoms with van der Waals surface area (Å²) in [5.74, 6) is 0. The molecular weight excluding hydrogens is 232 g/mol. The average Bonchev–Trinajstić information content (AvgIpc) is 1.87. The Morgan fingerprint density at radius 1 is 0.909 bits per heavy atom. The van der Waals surface area contributed by atoms with Crippen molar-refractivity contribution in [2.45, 2.75) is 9.16 Å². The van der Waals surface area contributed by atoms with E-state index in [4.69, 9.17) is 0 Å². The maximum atomic E-state index is 4.26. The molecule has 0 rings (SSSR count). The van der Waals surface area contributed by atoms with Crippen molar-refractivity contribution >= 4 is 62.3 Å². The molecule has 0 amide bonds. The smallest absolute Gasteiger partial charge is 0.0674 e. The van der Waals surface area contributed by atoms with Crippen LogP contribution < -0.4 is 0 Å². The molecule has 0 aromatic heterocycles. The van der Waals surface area contributed by atoms with Crippen LogP contribution in [0, 0.1) is 0 Å². The molecule has 0 bridgehead atoms. The third-order valence-electron chi connectivity index (χ3n) is 0.780. The zero-order valence-electron chi connectivity index (χ0n) is 5.66. The van der Waals surface area contributed by atoms with E-state index in [1.807, 2.05) is 12.2 Å². The summed E-state index contributed by atoms with van der Waals surface area (Å²) in [6, 6.07) is 0. The van der Waals surface area contributed by atoms with E-state index < -0.39 is 0 Å². The van der Waals surface area contributed by atoms with E-state index in [0.717, 1.165) is 0 Å². The lowest BCUT2D eigenvalue weighted by molar-refractivity contribution is 1.61. The van der Waals surface area contributed by atoms with Crippen LogP contribution in [0.25, 0.3) is 0 Å². The van der Waals surface area contributed by atoms with Gasteiger partial charge in [-0.15, -0.1) is 11.8 Å². The normalized spacial score (nSPS) is 17.8. The summed E-state index contributed by atoms with van der Waals surface area (Å²) in [6.45, 7) is 0. The van der Waals surface area contributed by atoms with Crippen LogP contribution >= 0.6 is 62.3 Å². The molecule has 0 saturated heterocycles.